The lowest BCUT2D eigenvalue weighted by Crippen LogP contribution is -2.06. The van der Waals surface area contributed by atoms with E-state index in [9.17, 15) is 9.59 Å². The molecule has 8 heteroatoms. The van der Waals surface area contributed by atoms with E-state index in [0.29, 0.717) is 18.7 Å². The average molecular weight is 295 g/mol. The van der Waals surface area contributed by atoms with Gasteiger partial charge in [0.2, 0.25) is 0 Å². The molecule has 0 spiro atoms. The molecule has 0 aliphatic heterocycles. The first kappa shape index (κ1) is 17.3. The molecule has 0 radical (unpaired) electrons. The summed E-state index contributed by atoms with van der Waals surface area (Å²) in [5.41, 5.74) is 0.760. The molecular formula is C10H19NO5P2. The summed E-state index contributed by atoms with van der Waals surface area (Å²) in [5.74, 6) is -1.68. The van der Waals surface area contributed by atoms with E-state index >= 15 is 0 Å². The summed E-state index contributed by atoms with van der Waals surface area (Å²) in [6.07, 6.45) is 2.77. The molecule has 0 saturated carbocycles. The molecule has 0 amide bonds. The van der Waals surface area contributed by atoms with Crippen LogP contribution in [0.1, 0.15) is 19.3 Å². The first-order valence-electron chi connectivity index (χ1n) is 5.47. The number of nitrogens with zero attached hydrogens (tertiary/aromatic N) is 1. The second-order valence-electron chi connectivity index (χ2n) is 3.64. The topological polar surface area (TPSA) is 96.2 Å². The minimum atomic E-state index is -0.838. The number of rotatable bonds is 10. The summed E-state index contributed by atoms with van der Waals surface area (Å²) >= 11 is 0. The molecule has 0 saturated heterocycles. The third-order valence-electron chi connectivity index (χ3n) is 2.18. The Labute approximate surface area is 110 Å². The summed E-state index contributed by atoms with van der Waals surface area (Å²) in [7, 11) is 3.34. The SMILES string of the molecule is CO/N=C(\P)CCP(CCC(=O)O)CCC(=O)O. The van der Waals surface area contributed by atoms with Gasteiger partial charge in [-0.2, -0.15) is 0 Å². The molecule has 0 aromatic carbocycles. The lowest BCUT2D eigenvalue weighted by molar-refractivity contribution is -0.137. The molecular weight excluding hydrogens is 276 g/mol. The second-order valence-corrected chi connectivity index (χ2v) is 6.99. The molecule has 0 fully saturated rings. The quantitative estimate of drug-likeness (QED) is 0.363. The highest BCUT2D eigenvalue weighted by Gasteiger charge is 2.12. The zero-order valence-electron chi connectivity index (χ0n) is 10.3. The Morgan fingerprint density at radius 1 is 1.11 bits per heavy atom. The van der Waals surface area contributed by atoms with Gasteiger partial charge in [0.05, 0.1) is 5.45 Å². The van der Waals surface area contributed by atoms with Gasteiger partial charge in [0.25, 0.3) is 0 Å². The van der Waals surface area contributed by atoms with Gasteiger partial charge in [0, 0.05) is 12.8 Å². The van der Waals surface area contributed by atoms with Crippen LogP contribution in [-0.2, 0) is 14.4 Å². The molecule has 104 valence electrons. The number of aliphatic carboxylic acids is 2. The van der Waals surface area contributed by atoms with Crippen molar-refractivity contribution in [2.75, 3.05) is 25.6 Å². The monoisotopic (exact) mass is 295 g/mol. The standard InChI is InChI=1S/C10H19NO5P2/c1-16-11-8(17)2-5-18(6-3-9(12)13)7-4-10(14)15/h2-7,17H2,1H3,(H,12,13)(H,14,15)/b11-8-. The second kappa shape index (κ2) is 10.2. The molecule has 0 aliphatic carbocycles. The van der Waals surface area contributed by atoms with Crippen LogP contribution in [0.25, 0.3) is 0 Å². The van der Waals surface area contributed by atoms with Crippen LogP contribution < -0.4 is 0 Å². The lowest BCUT2D eigenvalue weighted by atomic mass is 10.5. The summed E-state index contributed by atoms with van der Waals surface area (Å²) in [4.78, 5) is 25.7. The maximum absolute atomic E-state index is 10.5. The van der Waals surface area contributed by atoms with Gasteiger partial charge in [0.15, 0.2) is 0 Å². The van der Waals surface area contributed by atoms with Crippen molar-refractivity contribution in [3.63, 3.8) is 0 Å². The zero-order valence-corrected chi connectivity index (χ0v) is 12.4. The van der Waals surface area contributed by atoms with Gasteiger partial charge in [-0.05, 0) is 24.9 Å². The number of oxime groups is 1. The number of hydrogen-bond acceptors (Lipinski definition) is 4. The summed E-state index contributed by atoms with van der Waals surface area (Å²) in [6.45, 7) is 0. The Morgan fingerprint density at radius 2 is 1.56 bits per heavy atom. The maximum Gasteiger partial charge on any atom is 0.303 e. The Balaban J connectivity index is 4.14. The fraction of sp³-hybridized carbons (Fsp3) is 0.700. The fourth-order valence-electron chi connectivity index (χ4n) is 1.28. The molecule has 1 atom stereocenters. The predicted molar refractivity (Wildman–Crippen MR) is 74.8 cm³/mol. The van der Waals surface area contributed by atoms with Crippen LogP contribution >= 0.6 is 17.2 Å². The van der Waals surface area contributed by atoms with E-state index < -0.39 is 19.9 Å². The van der Waals surface area contributed by atoms with E-state index in [1.807, 2.05) is 0 Å². The molecule has 0 aromatic heterocycles. The lowest BCUT2D eigenvalue weighted by Gasteiger charge is -2.15. The van der Waals surface area contributed by atoms with Crippen LogP contribution in [0.15, 0.2) is 5.16 Å². The molecule has 0 aliphatic rings. The third-order valence-corrected chi connectivity index (χ3v) is 5.14. The number of carboxylic acid groups (broad SMARTS) is 2. The predicted octanol–water partition coefficient (Wildman–Crippen LogP) is 1.64. The Hall–Kier alpha value is -0.730. The van der Waals surface area contributed by atoms with Crippen LogP contribution in [0.4, 0.5) is 0 Å². The minimum Gasteiger partial charge on any atom is -0.481 e. The Kier molecular flexibility index (Phi) is 9.80. The molecule has 0 bridgehead atoms. The van der Waals surface area contributed by atoms with Gasteiger partial charge < -0.3 is 15.1 Å². The number of hydrogen-bond donors (Lipinski definition) is 2. The largest absolute Gasteiger partial charge is 0.481 e. The van der Waals surface area contributed by atoms with Crippen LogP contribution in [0, 0.1) is 0 Å². The molecule has 0 aromatic rings. The molecule has 0 rings (SSSR count). The van der Waals surface area contributed by atoms with Crippen molar-refractivity contribution in [2.24, 2.45) is 5.16 Å². The third kappa shape index (κ3) is 10.4. The van der Waals surface area contributed by atoms with Crippen molar-refractivity contribution < 1.29 is 24.6 Å². The Bertz CT molecular complexity index is 291. The van der Waals surface area contributed by atoms with Crippen molar-refractivity contribution in [1.82, 2.24) is 0 Å². The molecule has 18 heavy (non-hydrogen) atoms. The summed E-state index contributed by atoms with van der Waals surface area (Å²) < 4.78 is 0. The van der Waals surface area contributed by atoms with Crippen LogP contribution in [-0.4, -0.2) is 53.2 Å². The fourth-order valence-corrected chi connectivity index (χ4v) is 4.00. The van der Waals surface area contributed by atoms with E-state index in [0.717, 1.165) is 11.6 Å². The smallest absolute Gasteiger partial charge is 0.303 e. The molecule has 6 nitrogen and oxygen atoms in total. The first-order valence-corrected chi connectivity index (χ1v) is 7.94. The van der Waals surface area contributed by atoms with Gasteiger partial charge in [-0.3, -0.25) is 9.59 Å². The highest BCUT2D eigenvalue weighted by Crippen LogP contribution is 2.38. The highest BCUT2D eigenvalue weighted by molar-refractivity contribution is 7.57. The zero-order chi connectivity index (χ0) is 14.0. The number of carbonyl (C=O) groups is 2. The van der Waals surface area contributed by atoms with E-state index in [1.165, 1.54) is 7.11 Å². The van der Waals surface area contributed by atoms with Crippen LogP contribution in [0.3, 0.4) is 0 Å². The number of carboxylic acids is 2. The van der Waals surface area contributed by atoms with Crippen LogP contribution in [0.2, 0.25) is 0 Å². The van der Waals surface area contributed by atoms with Crippen molar-refractivity contribution in [2.45, 2.75) is 19.3 Å². The normalized spacial score (nSPS) is 11.6. The first-order chi connectivity index (χ1) is 8.45. The van der Waals surface area contributed by atoms with E-state index in [4.69, 9.17) is 10.2 Å². The van der Waals surface area contributed by atoms with Crippen molar-refractivity contribution in [1.29, 1.82) is 0 Å². The molecule has 1 unspecified atom stereocenters. The van der Waals surface area contributed by atoms with Crippen molar-refractivity contribution in [3.8, 4) is 0 Å². The summed E-state index contributed by atoms with van der Waals surface area (Å²) in [5, 5.41) is 21.0. The van der Waals surface area contributed by atoms with Crippen LogP contribution in [0.5, 0.6) is 0 Å². The maximum atomic E-state index is 10.5. The van der Waals surface area contributed by atoms with E-state index in [2.05, 4.69) is 19.2 Å². The summed E-state index contributed by atoms with van der Waals surface area (Å²) in [6, 6.07) is 0. The van der Waals surface area contributed by atoms with Gasteiger partial charge in [-0.1, -0.05) is 14.4 Å². The van der Waals surface area contributed by atoms with Crippen molar-refractivity contribution in [3.05, 3.63) is 0 Å². The average Bonchev–Trinajstić information content (AvgIpc) is 2.27. The van der Waals surface area contributed by atoms with Gasteiger partial charge in [-0.15, -0.1) is 7.92 Å². The molecule has 2 N–H and O–H groups in total. The Morgan fingerprint density at radius 3 is 1.94 bits per heavy atom. The van der Waals surface area contributed by atoms with E-state index in [1.54, 1.807) is 0 Å². The minimum absolute atomic E-state index is 0.0962. The van der Waals surface area contributed by atoms with Crippen molar-refractivity contribution >= 4 is 34.6 Å². The highest BCUT2D eigenvalue weighted by atomic mass is 31.1. The van der Waals surface area contributed by atoms with E-state index in [-0.39, 0.29) is 12.8 Å². The van der Waals surface area contributed by atoms with Gasteiger partial charge >= 0.3 is 11.9 Å². The molecule has 0 heterocycles. The van der Waals surface area contributed by atoms with Gasteiger partial charge in [0.1, 0.15) is 7.11 Å². The van der Waals surface area contributed by atoms with Gasteiger partial charge in [-0.25, -0.2) is 0 Å².